The number of nitrogens with two attached hydrogens (primary N) is 1. The fourth-order valence-corrected chi connectivity index (χ4v) is 2.68. The predicted molar refractivity (Wildman–Crippen MR) is 88.7 cm³/mol. The van der Waals surface area contributed by atoms with Crippen LogP contribution in [0.4, 0.5) is 5.82 Å². The van der Waals surface area contributed by atoms with E-state index in [1.165, 1.54) is 4.68 Å². The summed E-state index contributed by atoms with van der Waals surface area (Å²) in [5.41, 5.74) is 6.52. The van der Waals surface area contributed by atoms with E-state index in [0.717, 1.165) is 0 Å². The number of hydrogen-bond donors (Lipinski definition) is 1. The van der Waals surface area contributed by atoms with Crippen molar-refractivity contribution in [3.63, 3.8) is 0 Å². The lowest BCUT2D eigenvalue weighted by atomic mass is 10.2. The maximum atomic E-state index is 12.4. The van der Waals surface area contributed by atoms with Crippen LogP contribution in [-0.4, -0.2) is 62.8 Å². The molecule has 0 aliphatic carbocycles. The van der Waals surface area contributed by atoms with Crippen LogP contribution in [0, 0.1) is 0 Å². The Labute approximate surface area is 143 Å². The number of aromatic nitrogens is 3. The van der Waals surface area contributed by atoms with Crippen molar-refractivity contribution < 1.29 is 9.59 Å². The van der Waals surface area contributed by atoms with E-state index in [4.69, 9.17) is 17.3 Å². The Kier molecular flexibility index (Phi) is 4.39. The summed E-state index contributed by atoms with van der Waals surface area (Å²) in [6.07, 6.45) is 0. The normalized spacial score (nSPS) is 14.8. The smallest absolute Gasteiger partial charge is 0.278 e. The molecule has 1 aliphatic heterocycles. The summed E-state index contributed by atoms with van der Waals surface area (Å²) >= 11 is 5.84. The molecule has 126 valence electrons. The van der Waals surface area contributed by atoms with Crippen molar-refractivity contribution in [2.24, 2.45) is 7.05 Å². The van der Waals surface area contributed by atoms with Gasteiger partial charge in [0, 0.05) is 43.8 Å². The largest absolute Gasteiger partial charge is 0.382 e. The average molecular weight is 349 g/mol. The minimum Gasteiger partial charge on any atom is -0.382 e. The van der Waals surface area contributed by atoms with Crippen LogP contribution in [0.5, 0.6) is 0 Å². The number of benzene rings is 1. The molecule has 0 bridgehead atoms. The van der Waals surface area contributed by atoms with Gasteiger partial charge in [0.1, 0.15) is 0 Å². The van der Waals surface area contributed by atoms with Crippen molar-refractivity contribution >= 4 is 29.2 Å². The first-order valence-corrected chi connectivity index (χ1v) is 7.84. The van der Waals surface area contributed by atoms with Gasteiger partial charge in [-0.05, 0) is 24.3 Å². The number of amides is 2. The first-order chi connectivity index (χ1) is 11.5. The third-order valence-corrected chi connectivity index (χ3v) is 4.27. The van der Waals surface area contributed by atoms with Gasteiger partial charge in [0.2, 0.25) is 0 Å². The number of nitrogens with zero attached hydrogens (tertiary/aromatic N) is 5. The Balaban J connectivity index is 1.63. The predicted octanol–water partition coefficient (Wildman–Crippen LogP) is 0.649. The third-order valence-electron chi connectivity index (χ3n) is 4.02. The highest BCUT2D eigenvalue weighted by molar-refractivity contribution is 6.30. The number of hydrogen-bond acceptors (Lipinski definition) is 5. The van der Waals surface area contributed by atoms with Crippen LogP contribution in [-0.2, 0) is 7.05 Å². The van der Waals surface area contributed by atoms with Crippen molar-refractivity contribution in [2.75, 3.05) is 31.9 Å². The highest BCUT2D eigenvalue weighted by Gasteiger charge is 2.28. The molecule has 24 heavy (non-hydrogen) atoms. The van der Waals surface area contributed by atoms with Crippen molar-refractivity contribution in [1.82, 2.24) is 24.8 Å². The third kappa shape index (κ3) is 3.05. The quantitative estimate of drug-likeness (QED) is 0.859. The second-order valence-corrected chi connectivity index (χ2v) is 5.97. The molecule has 1 aromatic heterocycles. The van der Waals surface area contributed by atoms with Crippen molar-refractivity contribution in [1.29, 1.82) is 0 Å². The van der Waals surface area contributed by atoms with Gasteiger partial charge < -0.3 is 15.5 Å². The Morgan fingerprint density at radius 3 is 2.08 bits per heavy atom. The molecule has 1 aromatic carbocycles. The molecule has 1 saturated heterocycles. The first-order valence-electron chi connectivity index (χ1n) is 7.46. The first kappa shape index (κ1) is 16.3. The van der Waals surface area contributed by atoms with E-state index >= 15 is 0 Å². The molecule has 0 atom stereocenters. The van der Waals surface area contributed by atoms with E-state index in [1.54, 1.807) is 41.1 Å². The number of halogens is 1. The monoisotopic (exact) mass is 348 g/mol. The number of anilines is 1. The van der Waals surface area contributed by atoms with E-state index in [-0.39, 0.29) is 23.3 Å². The van der Waals surface area contributed by atoms with Gasteiger partial charge in [0.05, 0.1) is 0 Å². The molecule has 2 amide bonds. The Morgan fingerprint density at radius 1 is 1.04 bits per heavy atom. The van der Waals surface area contributed by atoms with Crippen molar-refractivity contribution in [2.45, 2.75) is 0 Å². The topological polar surface area (TPSA) is 97.4 Å². The molecule has 1 fully saturated rings. The zero-order valence-corrected chi connectivity index (χ0v) is 13.9. The van der Waals surface area contributed by atoms with E-state index in [9.17, 15) is 9.59 Å². The highest BCUT2D eigenvalue weighted by Crippen LogP contribution is 2.15. The Hall–Kier alpha value is -2.61. The molecule has 2 N–H and O–H groups in total. The molecule has 0 spiro atoms. The SMILES string of the molecule is Cn1nnc(C(=O)N2CCN(C(=O)c3ccc(Cl)cc3)CC2)c1N. The number of piperazine rings is 1. The van der Waals surface area contributed by atoms with E-state index in [2.05, 4.69) is 10.3 Å². The van der Waals surface area contributed by atoms with Crippen LogP contribution >= 0.6 is 11.6 Å². The van der Waals surface area contributed by atoms with E-state index in [0.29, 0.717) is 36.8 Å². The van der Waals surface area contributed by atoms with Gasteiger partial charge in [-0.2, -0.15) is 0 Å². The van der Waals surface area contributed by atoms with Crippen LogP contribution in [0.3, 0.4) is 0 Å². The van der Waals surface area contributed by atoms with Gasteiger partial charge in [-0.15, -0.1) is 5.10 Å². The summed E-state index contributed by atoms with van der Waals surface area (Å²) in [6, 6.07) is 6.77. The van der Waals surface area contributed by atoms with Crippen LogP contribution in [0.2, 0.25) is 5.02 Å². The number of nitrogen functional groups attached to an aromatic ring is 1. The van der Waals surface area contributed by atoms with Crippen molar-refractivity contribution in [3.05, 3.63) is 40.5 Å². The molecule has 9 heteroatoms. The molecular weight excluding hydrogens is 332 g/mol. The summed E-state index contributed by atoms with van der Waals surface area (Å²) in [4.78, 5) is 28.2. The zero-order valence-electron chi connectivity index (χ0n) is 13.1. The molecule has 3 rings (SSSR count). The molecule has 8 nitrogen and oxygen atoms in total. The maximum absolute atomic E-state index is 12.4. The van der Waals surface area contributed by atoms with Gasteiger partial charge in [0.25, 0.3) is 11.8 Å². The van der Waals surface area contributed by atoms with Gasteiger partial charge in [-0.1, -0.05) is 16.8 Å². The van der Waals surface area contributed by atoms with Gasteiger partial charge in [-0.3, -0.25) is 9.59 Å². The second-order valence-electron chi connectivity index (χ2n) is 5.54. The maximum Gasteiger partial charge on any atom is 0.278 e. The molecular formula is C15H17ClN6O2. The molecule has 0 radical (unpaired) electrons. The zero-order chi connectivity index (χ0) is 17.3. The lowest BCUT2D eigenvalue weighted by Gasteiger charge is -2.34. The van der Waals surface area contributed by atoms with Crippen molar-refractivity contribution in [3.8, 4) is 0 Å². The number of carbonyl (C=O) groups excluding carboxylic acids is 2. The number of carbonyl (C=O) groups is 2. The summed E-state index contributed by atoms with van der Waals surface area (Å²) < 4.78 is 1.35. The Morgan fingerprint density at radius 2 is 1.58 bits per heavy atom. The Bertz CT molecular complexity index is 765. The summed E-state index contributed by atoms with van der Waals surface area (Å²) in [5, 5.41) is 8.13. The summed E-state index contributed by atoms with van der Waals surface area (Å²) in [7, 11) is 1.63. The standard InChI is InChI=1S/C15H17ClN6O2/c1-20-13(17)12(18-19-20)15(24)22-8-6-21(7-9-22)14(23)10-2-4-11(16)5-3-10/h2-5H,6-9,17H2,1H3. The number of aryl methyl sites for hydroxylation is 1. The second kappa shape index (κ2) is 6.48. The summed E-state index contributed by atoms with van der Waals surface area (Å²) in [6.45, 7) is 1.75. The van der Waals surface area contributed by atoms with E-state index < -0.39 is 0 Å². The lowest BCUT2D eigenvalue weighted by molar-refractivity contribution is 0.0533. The van der Waals surface area contributed by atoms with Crippen LogP contribution in [0.25, 0.3) is 0 Å². The minimum atomic E-state index is -0.265. The fourth-order valence-electron chi connectivity index (χ4n) is 2.55. The molecule has 0 unspecified atom stereocenters. The molecule has 2 heterocycles. The summed E-state index contributed by atoms with van der Waals surface area (Å²) in [5.74, 6) is -0.100. The average Bonchev–Trinajstić information content (AvgIpc) is 2.94. The number of rotatable bonds is 2. The van der Waals surface area contributed by atoms with Gasteiger partial charge in [-0.25, -0.2) is 4.68 Å². The minimum absolute atomic E-state index is 0.0715. The van der Waals surface area contributed by atoms with Crippen LogP contribution in [0.1, 0.15) is 20.8 Å². The van der Waals surface area contributed by atoms with Crippen LogP contribution < -0.4 is 5.73 Å². The molecule has 1 aliphatic rings. The van der Waals surface area contributed by atoms with Crippen LogP contribution in [0.15, 0.2) is 24.3 Å². The van der Waals surface area contributed by atoms with Gasteiger partial charge >= 0.3 is 0 Å². The lowest BCUT2D eigenvalue weighted by Crippen LogP contribution is -2.50. The molecule has 2 aromatic rings. The fraction of sp³-hybridized carbons (Fsp3) is 0.333. The highest BCUT2D eigenvalue weighted by atomic mass is 35.5. The van der Waals surface area contributed by atoms with E-state index in [1.807, 2.05) is 0 Å². The van der Waals surface area contributed by atoms with Gasteiger partial charge in [0.15, 0.2) is 11.5 Å². The molecule has 0 saturated carbocycles.